The minimum Gasteiger partial charge on any atom is -0.309 e. The number of hydrogen-bond donors (Lipinski definition) is 1. The summed E-state index contributed by atoms with van der Waals surface area (Å²) in [6, 6.07) is 0.0624. The van der Waals surface area contributed by atoms with E-state index in [1.54, 1.807) is 0 Å². The Kier molecular flexibility index (Phi) is 2.97. The van der Waals surface area contributed by atoms with E-state index in [1.807, 2.05) is 0 Å². The smallest absolute Gasteiger partial charge is 0.309 e. The number of aromatic nitrogens is 1. The van der Waals surface area contributed by atoms with E-state index in [0.717, 1.165) is 37.1 Å². The summed E-state index contributed by atoms with van der Waals surface area (Å²) < 4.78 is 36.9. The van der Waals surface area contributed by atoms with Gasteiger partial charge in [0.15, 0.2) is 5.01 Å². The number of piperidine rings is 1. The Balaban J connectivity index is 2.12. The molecule has 1 aromatic rings. The van der Waals surface area contributed by atoms with Crippen LogP contribution < -0.4 is 5.32 Å². The largest absolute Gasteiger partial charge is 0.443 e. The molecule has 1 N–H and O–H groups in total. The maximum Gasteiger partial charge on any atom is 0.443 e. The highest BCUT2D eigenvalue weighted by Gasteiger charge is 2.35. The molecule has 0 spiro atoms. The van der Waals surface area contributed by atoms with E-state index < -0.39 is 11.2 Å². The lowest BCUT2D eigenvalue weighted by Gasteiger charge is -2.21. The number of thiazole rings is 1. The van der Waals surface area contributed by atoms with Gasteiger partial charge in [0.25, 0.3) is 0 Å². The Hall–Kier alpha value is -0.620. The molecule has 84 valence electrons. The van der Waals surface area contributed by atoms with Gasteiger partial charge in [-0.1, -0.05) is 6.42 Å². The highest BCUT2D eigenvalue weighted by Crippen LogP contribution is 2.35. The molecular weight excluding hydrogens is 225 g/mol. The van der Waals surface area contributed by atoms with Crippen LogP contribution in [0, 0.1) is 0 Å². The predicted octanol–water partition coefficient (Wildman–Crippen LogP) is 2.98. The summed E-state index contributed by atoms with van der Waals surface area (Å²) in [7, 11) is 0. The van der Waals surface area contributed by atoms with E-state index in [0.29, 0.717) is 4.88 Å². The van der Waals surface area contributed by atoms with Crippen molar-refractivity contribution in [3.8, 4) is 0 Å². The third-order valence-corrected chi connectivity index (χ3v) is 3.58. The second-order valence-electron chi connectivity index (χ2n) is 3.57. The monoisotopic (exact) mass is 236 g/mol. The minimum atomic E-state index is -4.31. The van der Waals surface area contributed by atoms with Crippen molar-refractivity contribution >= 4 is 11.3 Å². The van der Waals surface area contributed by atoms with Gasteiger partial charge < -0.3 is 5.32 Å². The second kappa shape index (κ2) is 4.09. The van der Waals surface area contributed by atoms with Crippen LogP contribution in [0.3, 0.4) is 0 Å². The van der Waals surface area contributed by atoms with Crippen LogP contribution in [0.15, 0.2) is 6.20 Å². The molecule has 0 aromatic carbocycles. The first-order valence-electron chi connectivity index (χ1n) is 4.83. The molecule has 0 aliphatic carbocycles. The molecule has 0 amide bonds. The van der Waals surface area contributed by atoms with Crippen LogP contribution in [0.5, 0.6) is 0 Å². The van der Waals surface area contributed by atoms with Gasteiger partial charge in [0.1, 0.15) is 0 Å². The summed E-state index contributed by atoms with van der Waals surface area (Å²) in [5.74, 6) is 0. The lowest BCUT2D eigenvalue weighted by Crippen LogP contribution is -2.25. The van der Waals surface area contributed by atoms with Crippen molar-refractivity contribution in [2.45, 2.75) is 31.5 Å². The van der Waals surface area contributed by atoms with E-state index in [-0.39, 0.29) is 6.04 Å². The topological polar surface area (TPSA) is 24.9 Å². The zero-order valence-corrected chi connectivity index (χ0v) is 8.79. The molecule has 2 nitrogen and oxygen atoms in total. The van der Waals surface area contributed by atoms with E-state index in [2.05, 4.69) is 10.3 Å². The van der Waals surface area contributed by atoms with Gasteiger partial charge in [-0.25, -0.2) is 4.98 Å². The third-order valence-electron chi connectivity index (χ3n) is 2.42. The molecular formula is C9H11F3N2S. The number of nitrogens with one attached hydrogen (secondary N) is 1. The van der Waals surface area contributed by atoms with Crippen LogP contribution >= 0.6 is 11.3 Å². The highest BCUT2D eigenvalue weighted by molar-refractivity contribution is 7.11. The van der Waals surface area contributed by atoms with Gasteiger partial charge in [0, 0.05) is 17.1 Å². The highest BCUT2D eigenvalue weighted by atomic mass is 32.1. The van der Waals surface area contributed by atoms with Crippen molar-refractivity contribution < 1.29 is 13.2 Å². The van der Waals surface area contributed by atoms with Gasteiger partial charge in [0.05, 0.1) is 0 Å². The SMILES string of the molecule is FC(F)(F)c1ncc(C2CCCCN2)s1. The average molecular weight is 236 g/mol. The fraction of sp³-hybridized carbons (Fsp3) is 0.667. The number of rotatable bonds is 1. The first kappa shape index (κ1) is 10.9. The fourth-order valence-electron chi connectivity index (χ4n) is 1.67. The Labute approximate surface area is 89.5 Å². The molecule has 1 aliphatic heterocycles. The van der Waals surface area contributed by atoms with Crippen LogP contribution in [0.25, 0.3) is 0 Å². The average Bonchev–Trinajstić information content (AvgIpc) is 2.67. The Bertz CT molecular complexity index is 328. The first-order valence-corrected chi connectivity index (χ1v) is 5.65. The fourth-order valence-corrected chi connectivity index (χ4v) is 2.57. The summed E-state index contributed by atoms with van der Waals surface area (Å²) in [5.41, 5.74) is 0. The Morgan fingerprint density at radius 1 is 1.40 bits per heavy atom. The van der Waals surface area contributed by atoms with Crippen LogP contribution in [-0.2, 0) is 6.18 Å². The van der Waals surface area contributed by atoms with E-state index in [4.69, 9.17) is 0 Å². The van der Waals surface area contributed by atoms with Crippen molar-refractivity contribution in [1.82, 2.24) is 10.3 Å². The van der Waals surface area contributed by atoms with Crippen molar-refractivity contribution in [2.24, 2.45) is 0 Å². The van der Waals surface area contributed by atoms with Gasteiger partial charge in [-0.15, -0.1) is 11.3 Å². The lowest BCUT2D eigenvalue weighted by atomic mass is 10.0. The third kappa shape index (κ3) is 2.49. The Morgan fingerprint density at radius 3 is 2.73 bits per heavy atom. The molecule has 0 bridgehead atoms. The quantitative estimate of drug-likeness (QED) is 0.810. The van der Waals surface area contributed by atoms with E-state index >= 15 is 0 Å². The zero-order valence-electron chi connectivity index (χ0n) is 7.97. The van der Waals surface area contributed by atoms with Crippen LogP contribution in [0.2, 0.25) is 0 Å². The zero-order chi connectivity index (χ0) is 10.9. The molecule has 1 aromatic heterocycles. The molecule has 1 fully saturated rings. The molecule has 0 radical (unpaired) electrons. The molecule has 1 atom stereocenters. The molecule has 2 rings (SSSR count). The summed E-state index contributed by atoms with van der Waals surface area (Å²) >= 11 is 0.748. The molecule has 15 heavy (non-hydrogen) atoms. The van der Waals surface area contributed by atoms with E-state index in [1.165, 1.54) is 6.20 Å². The van der Waals surface area contributed by atoms with Crippen LogP contribution in [0.4, 0.5) is 13.2 Å². The van der Waals surface area contributed by atoms with Crippen molar-refractivity contribution in [3.63, 3.8) is 0 Å². The summed E-state index contributed by atoms with van der Waals surface area (Å²) in [6.45, 7) is 0.879. The van der Waals surface area contributed by atoms with Gasteiger partial charge in [-0.2, -0.15) is 13.2 Å². The summed E-state index contributed by atoms with van der Waals surface area (Å²) in [6.07, 6.45) is 0.103. The van der Waals surface area contributed by atoms with Crippen LogP contribution in [0.1, 0.15) is 35.2 Å². The lowest BCUT2D eigenvalue weighted by molar-refractivity contribution is -0.137. The van der Waals surface area contributed by atoms with Gasteiger partial charge >= 0.3 is 6.18 Å². The molecule has 0 saturated carbocycles. The van der Waals surface area contributed by atoms with Crippen LogP contribution in [-0.4, -0.2) is 11.5 Å². The van der Waals surface area contributed by atoms with Crippen molar-refractivity contribution in [3.05, 3.63) is 16.1 Å². The van der Waals surface area contributed by atoms with Crippen molar-refractivity contribution in [1.29, 1.82) is 0 Å². The normalized spacial score (nSPS) is 23.0. The number of alkyl halides is 3. The molecule has 1 aliphatic rings. The molecule has 6 heteroatoms. The standard InChI is InChI=1S/C9H11F3N2S/c10-9(11,12)8-14-5-7(15-8)6-3-1-2-4-13-6/h5-6,13H,1-4H2. The molecule has 1 unspecified atom stereocenters. The number of halogens is 3. The van der Waals surface area contributed by atoms with Gasteiger partial charge in [-0.3, -0.25) is 0 Å². The summed E-state index contributed by atoms with van der Waals surface area (Å²) in [4.78, 5) is 4.11. The minimum absolute atomic E-state index is 0.0624. The number of nitrogens with zero attached hydrogens (tertiary/aromatic N) is 1. The summed E-state index contributed by atoms with van der Waals surface area (Å²) in [5, 5.41) is 2.46. The van der Waals surface area contributed by atoms with Crippen molar-refractivity contribution in [2.75, 3.05) is 6.54 Å². The molecule has 1 saturated heterocycles. The van der Waals surface area contributed by atoms with Gasteiger partial charge in [-0.05, 0) is 19.4 Å². The maximum atomic E-state index is 12.3. The Morgan fingerprint density at radius 2 is 2.20 bits per heavy atom. The maximum absolute atomic E-state index is 12.3. The predicted molar refractivity (Wildman–Crippen MR) is 51.7 cm³/mol. The van der Waals surface area contributed by atoms with E-state index in [9.17, 15) is 13.2 Å². The second-order valence-corrected chi connectivity index (χ2v) is 4.63. The van der Waals surface area contributed by atoms with Gasteiger partial charge in [0.2, 0.25) is 0 Å². The molecule has 2 heterocycles. The first-order chi connectivity index (χ1) is 7.07. The number of hydrogen-bond acceptors (Lipinski definition) is 3.